The van der Waals surface area contributed by atoms with Gasteiger partial charge in [-0.1, -0.05) is 19.4 Å². The number of hydrogen-bond acceptors (Lipinski definition) is 3. The largest absolute Gasteiger partial charge is 0.373 e. The van der Waals surface area contributed by atoms with E-state index in [1.807, 2.05) is 24.5 Å². The third-order valence-electron chi connectivity index (χ3n) is 2.59. The van der Waals surface area contributed by atoms with E-state index in [-0.39, 0.29) is 0 Å². The Kier molecular flexibility index (Phi) is 5.21. The molecule has 0 saturated heterocycles. The van der Waals surface area contributed by atoms with Gasteiger partial charge in [0.25, 0.3) is 0 Å². The van der Waals surface area contributed by atoms with E-state index in [9.17, 15) is 5.26 Å². The molecule has 0 unspecified atom stereocenters. The van der Waals surface area contributed by atoms with E-state index in [4.69, 9.17) is 0 Å². The molecule has 0 heterocycles. The van der Waals surface area contributed by atoms with Crippen LogP contribution in [0.25, 0.3) is 0 Å². The van der Waals surface area contributed by atoms with Crippen molar-refractivity contribution in [3.63, 3.8) is 0 Å². The van der Waals surface area contributed by atoms with Gasteiger partial charge in [0, 0.05) is 18.5 Å². The van der Waals surface area contributed by atoms with Crippen LogP contribution in [0.1, 0.15) is 25.3 Å². The lowest BCUT2D eigenvalue weighted by Crippen LogP contribution is -2.19. The average Bonchev–Trinajstić information content (AvgIpc) is 2.34. The second-order valence-electron chi connectivity index (χ2n) is 3.74. The van der Waals surface area contributed by atoms with E-state index >= 15 is 0 Å². The normalized spacial score (nSPS) is 9.88. The van der Waals surface area contributed by atoms with Gasteiger partial charge in [-0.05, 0) is 24.8 Å². The van der Waals surface area contributed by atoms with Gasteiger partial charge < -0.3 is 4.90 Å². The van der Waals surface area contributed by atoms with Crippen molar-refractivity contribution < 1.29 is 0 Å². The number of thioether (sulfide) groups is 1. The highest BCUT2D eigenvalue weighted by Gasteiger charge is 2.10. The predicted molar refractivity (Wildman–Crippen MR) is 71.1 cm³/mol. The molecule has 86 valence electrons. The highest BCUT2D eigenvalue weighted by atomic mass is 32.2. The zero-order valence-corrected chi connectivity index (χ0v) is 11.0. The average molecular weight is 234 g/mol. The van der Waals surface area contributed by atoms with Crippen LogP contribution < -0.4 is 4.90 Å². The quantitative estimate of drug-likeness (QED) is 0.729. The van der Waals surface area contributed by atoms with Gasteiger partial charge in [-0.3, -0.25) is 0 Å². The SMILES string of the molecule is CCCCN(C)c1cccc(SC)c1C#N. The fraction of sp³-hybridized carbons (Fsp3) is 0.462. The summed E-state index contributed by atoms with van der Waals surface area (Å²) in [6, 6.07) is 8.35. The van der Waals surface area contributed by atoms with E-state index in [1.165, 1.54) is 6.42 Å². The molecule has 0 N–H and O–H groups in total. The third kappa shape index (κ3) is 2.93. The maximum Gasteiger partial charge on any atom is 0.102 e. The van der Waals surface area contributed by atoms with Gasteiger partial charge in [0.1, 0.15) is 6.07 Å². The molecule has 0 radical (unpaired) electrons. The Hall–Kier alpha value is -1.14. The lowest BCUT2D eigenvalue weighted by molar-refractivity contribution is 0.765. The van der Waals surface area contributed by atoms with E-state index in [1.54, 1.807) is 11.8 Å². The Bertz CT molecular complexity index is 382. The number of rotatable bonds is 5. The summed E-state index contributed by atoms with van der Waals surface area (Å²) in [5.41, 5.74) is 1.84. The lowest BCUT2D eigenvalue weighted by Gasteiger charge is -2.21. The van der Waals surface area contributed by atoms with Gasteiger partial charge in [-0.15, -0.1) is 11.8 Å². The number of anilines is 1. The molecule has 0 bridgehead atoms. The van der Waals surface area contributed by atoms with Crippen LogP contribution in [0.2, 0.25) is 0 Å². The Morgan fingerprint density at radius 2 is 2.19 bits per heavy atom. The summed E-state index contributed by atoms with van der Waals surface area (Å²) in [6.07, 6.45) is 4.34. The molecule has 0 saturated carbocycles. The molecule has 0 aliphatic rings. The molecule has 0 aromatic heterocycles. The minimum absolute atomic E-state index is 0.800. The second-order valence-corrected chi connectivity index (χ2v) is 4.59. The van der Waals surface area contributed by atoms with Crippen molar-refractivity contribution in [1.82, 2.24) is 0 Å². The molecule has 0 atom stereocenters. The Labute approximate surface area is 102 Å². The molecule has 0 fully saturated rings. The molecule has 1 rings (SSSR count). The maximum absolute atomic E-state index is 9.21. The topological polar surface area (TPSA) is 27.0 Å². The Morgan fingerprint density at radius 3 is 2.75 bits per heavy atom. The van der Waals surface area contributed by atoms with Crippen LogP contribution in [0.4, 0.5) is 5.69 Å². The van der Waals surface area contributed by atoms with E-state index in [0.717, 1.165) is 29.1 Å². The summed E-state index contributed by atoms with van der Waals surface area (Å²) in [4.78, 5) is 3.23. The number of hydrogen-bond donors (Lipinski definition) is 0. The molecule has 0 amide bonds. The van der Waals surface area contributed by atoms with E-state index in [0.29, 0.717) is 0 Å². The zero-order valence-electron chi connectivity index (χ0n) is 10.2. The lowest BCUT2D eigenvalue weighted by atomic mass is 10.1. The Morgan fingerprint density at radius 1 is 1.44 bits per heavy atom. The molecule has 1 aromatic rings. The molecule has 0 spiro atoms. The van der Waals surface area contributed by atoms with Crippen LogP contribution in [0, 0.1) is 11.3 Å². The first-order chi connectivity index (χ1) is 7.74. The van der Waals surface area contributed by atoms with Crippen molar-refractivity contribution in [3.05, 3.63) is 23.8 Å². The van der Waals surface area contributed by atoms with Crippen LogP contribution in [-0.2, 0) is 0 Å². The van der Waals surface area contributed by atoms with Crippen LogP contribution >= 0.6 is 11.8 Å². The molecular formula is C13H18N2S. The minimum atomic E-state index is 0.800. The standard InChI is InChI=1S/C13H18N2S/c1-4-5-9-15(2)12-7-6-8-13(16-3)11(12)10-14/h6-8H,4-5,9H2,1-3H3. The van der Waals surface area contributed by atoms with Crippen LogP contribution in [0.5, 0.6) is 0 Å². The fourth-order valence-electron chi connectivity index (χ4n) is 1.64. The summed E-state index contributed by atoms with van der Waals surface area (Å²) < 4.78 is 0. The maximum atomic E-state index is 9.21. The van der Waals surface area contributed by atoms with Crippen molar-refractivity contribution >= 4 is 17.4 Å². The summed E-state index contributed by atoms with van der Waals surface area (Å²) in [6.45, 7) is 3.18. The van der Waals surface area contributed by atoms with Gasteiger partial charge in [0.05, 0.1) is 11.3 Å². The minimum Gasteiger partial charge on any atom is -0.373 e. The summed E-state index contributed by atoms with van der Waals surface area (Å²) >= 11 is 1.63. The number of nitriles is 1. The van der Waals surface area contributed by atoms with Crippen LogP contribution in [-0.4, -0.2) is 19.8 Å². The monoisotopic (exact) mass is 234 g/mol. The summed E-state index contributed by atoms with van der Waals surface area (Å²) in [5, 5.41) is 9.21. The molecular weight excluding hydrogens is 216 g/mol. The van der Waals surface area contributed by atoms with Crippen molar-refractivity contribution in [3.8, 4) is 6.07 Å². The molecule has 3 heteroatoms. The number of nitrogens with zero attached hydrogens (tertiary/aromatic N) is 2. The van der Waals surface area contributed by atoms with E-state index < -0.39 is 0 Å². The van der Waals surface area contributed by atoms with Crippen molar-refractivity contribution in [2.45, 2.75) is 24.7 Å². The van der Waals surface area contributed by atoms with Gasteiger partial charge in [0.2, 0.25) is 0 Å². The first kappa shape index (κ1) is 12.9. The Balaban J connectivity index is 2.99. The molecule has 16 heavy (non-hydrogen) atoms. The fourth-order valence-corrected chi connectivity index (χ4v) is 2.20. The van der Waals surface area contributed by atoms with Gasteiger partial charge in [-0.25, -0.2) is 0 Å². The van der Waals surface area contributed by atoms with E-state index in [2.05, 4.69) is 24.9 Å². The molecule has 0 aliphatic carbocycles. The van der Waals surface area contributed by atoms with Gasteiger partial charge in [-0.2, -0.15) is 5.26 Å². The highest BCUT2D eigenvalue weighted by molar-refractivity contribution is 7.98. The number of unbranched alkanes of at least 4 members (excludes halogenated alkanes) is 1. The third-order valence-corrected chi connectivity index (χ3v) is 3.37. The van der Waals surface area contributed by atoms with Crippen LogP contribution in [0.3, 0.4) is 0 Å². The molecule has 2 nitrogen and oxygen atoms in total. The van der Waals surface area contributed by atoms with Gasteiger partial charge in [0.15, 0.2) is 0 Å². The van der Waals surface area contributed by atoms with Crippen LogP contribution in [0.15, 0.2) is 23.1 Å². The van der Waals surface area contributed by atoms with Crippen molar-refractivity contribution in [2.24, 2.45) is 0 Å². The van der Waals surface area contributed by atoms with Crippen molar-refractivity contribution in [1.29, 1.82) is 5.26 Å². The highest BCUT2D eigenvalue weighted by Crippen LogP contribution is 2.28. The first-order valence-corrected chi connectivity index (χ1v) is 6.75. The summed E-state index contributed by atoms with van der Waals surface area (Å²) in [7, 11) is 2.05. The van der Waals surface area contributed by atoms with Gasteiger partial charge >= 0.3 is 0 Å². The van der Waals surface area contributed by atoms with Crippen molar-refractivity contribution in [2.75, 3.05) is 24.7 Å². The predicted octanol–water partition coefficient (Wildman–Crippen LogP) is 3.52. The summed E-state index contributed by atoms with van der Waals surface area (Å²) in [5.74, 6) is 0. The number of benzene rings is 1. The second kappa shape index (κ2) is 6.44. The zero-order chi connectivity index (χ0) is 12.0. The first-order valence-electron chi connectivity index (χ1n) is 5.52. The molecule has 1 aromatic carbocycles. The molecule has 0 aliphatic heterocycles. The smallest absolute Gasteiger partial charge is 0.102 e.